The number of rotatable bonds is 6. The Morgan fingerprint density at radius 3 is 2.15 bits per heavy atom. The molecular formula is C13H18F3NO2S. The monoisotopic (exact) mass is 309 g/mol. The molecule has 0 heterocycles. The summed E-state index contributed by atoms with van der Waals surface area (Å²) in [4.78, 5) is 0.200. The Balaban J connectivity index is 2.71. The molecule has 1 aromatic carbocycles. The lowest BCUT2D eigenvalue weighted by molar-refractivity contribution is -0.135. The fourth-order valence-corrected chi connectivity index (χ4v) is 2.56. The molecule has 114 valence electrons. The van der Waals surface area contributed by atoms with Crippen LogP contribution in [0.15, 0.2) is 29.2 Å². The highest BCUT2D eigenvalue weighted by Crippen LogP contribution is 2.26. The van der Waals surface area contributed by atoms with E-state index in [0.717, 1.165) is 11.8 Å². The van der Waals surface area contributed by atoms with Crippen molar-refractivity contribution in [3.8, 4) is 0 Å². The van der Waals surface area contributed by atoms with Crippen LogP contribution in [0, 0.1) is 0 Å². The van der Waals surface area contributed by atoms with Gasteiger partial charge in [0.2, 0.25) is 0 Å². The van der Waals surface area contributed by atoms with E-state index in [0.29, 0.717) is 6.42 Å². The van der Waals surface area contributed by atoms with Crippen LogP contribution in [-0.2, 0) is 9.84 Å². The van der Waals surface area contributed by atoms with Crippen LogP contribution in [0.3, 0.4) is 0 Å². The SMILES string of the molecule is CNC(CCCC(F)(F)F)c1ccc(S(C)(=O)=O)cc1. The Bertz CT molecular complexity index is 524. The third-order valence-electron chi connectivity index (χ3n) is 3.01. The summed E-state index contributed by atoms with van der Waals surface area (Å²) < 4.78 is 59.0. The molecule has 20 heavy (non-hydrogen) atoms. The number of hydrogen-bond acceptors (Lipinski definition) is 3. The van der Waals surface area contributed by atoms with Crippen LogP contribution in [0.4, 0.5) is 13.2 Å². The minimum Gasteiger partial charge on any atom is -0.313 e. The Morgan fingerprint density at radius 2 is 1.75 bits per heavy atom. The molecule has 1 N–H and O–H groups in total. The number of hydrogen-bond donors (Lipinski definition) is 1. The molecule has 7 heteroatoms. The zero-order chi connectivity index (χ0) is 15.4. The quantitative estimate of drug-likeness (QED) is 0.878. The van der Waals surface area contributed by atoms with Crippen LogP contribution in [-0.4, -0.2) is 27.9 Å². The summed E-state index contributed by atoms with van der Waals surface area (Å²) in [6.07, 6.45) is -3.47. The van der Waals surface area contributed by atoms with Gasteiger partial charge in [0.25, 0.3) is 0 Å². The third-order valence-corrected chi connectivity index (χ3v) is 4.14. The second-order valence-corrected chi connectivity index (χ2v) is 6.71. The maximum absolute atomic E-state index is 12.1. The standard InChI is InChI=1S/C13H18F3NO2S/c1-17-12(4-3-9-13(14,15)16)10-5-7-11(8-6-10)20(2,18)19/h5-8,12,17H,3-4,9H2,1-2H3. The highest BCUT2D eigenvalue weighted by Gasteiger charge is 2.26. The average Bonchev–Trinajstić information content (AvgIpc) is 2.32. The fraction of sp³-hybridized carbons (Fsp3) is 0.538. The smallest absolute Gasteiger partial charge is 0.313 e. The summed E-state index contributed by atoms with van der Waals surface area (Å²) in [7, 11) is -1.59. The second-order valence-electron chi connectivity index (χ2n) is 4.69. The van der Waals surface area contributed by atoms with Crippen LogP contribution in [0.5, 0.6) is 0 Å². The van der Waals surface area contributed by atoms with Crippen molar-refractivity contribution in [2.45, 2.75) is 36.4 Å². The van der Waals surface area contributed by atoms with E-state index in [9.17, 15) is 21.6 Å². The average molecular weight is 309 g/mol. The van der Waals surface area contributed by atoms with E-state index in [2.05, 4.69) is 5.32 Å². The van der Waals surface area contributed by atoms with Gasteiger partial charge in [-0.05, 0) is 37.6 Å². The molecule has 0 saturated carbocycles. The van der Waals surface area contributed by atoms with Crippen molar-refractivity contribution >= 4 is 9.84 Å². The molecule has 1 atom stereocenters. The van der Waals surface area contributed by atoms with Gasteiger partial charge >= 0.3 is 6.18 Å². The van der Waals surface area contributed by atoms with Crippen LogP contribution in [0.2, 0.25) is 0 Å². The van der Waals surface area contributed by atoms with Crippen LogP contribution in [0.25, 0.3) is 0 Å². The number of nitrogens with one attached hydrogen (secondary N) is 1. The first-order valence-corrected chi connectivity index (χ1v) is 8.06. The molecule has 1 aromatic rings. The summed E-state index contributed by atoms with van der Waals surface area (Å²) in [5.41, 5.74) is 0.780. The zero-order valence-electron chi connectivity index (χ0n) is 11.4. The van der Waals surface area contributed by atoms with E-state index in [1.807, 2.05) is 0 Å². The molecule has 0 spiro atoms. The van der Waals surface area contributed by atoms with Crippen molar-refractivity contribution in [1.29, 1.82) is 0 Å². The van der Waals surface area contributed by atoms with E-state index < -0.39 is 22.4 Å². The van der Waals surface area contributed by atoms with Gasteiger partial charge in [-0.2, -0.15) is 13.2 Å². The molecule has 0 fully saturated rings. The molecule has 0 aliphatic carbocycles. The van der Waals surface area contributed by atoms with Crippen molar-refractivity contribution in [3.63, 3.8) is 0 Å². The first kappa shape index (κ1) is 17.0. The van der Waals surface area contributed by atoms with E-state index in [1.54, 1.807) is 19.2 Å². The largest absolute Gasteiger partial charge is 0.389 e. The van der Waals surface area contributed by atoms with E-state index in [-0.39, 0.29) is 17.4 Å². The molecule has 1 rings (SSSR count). The van der Waals surface area contributed by atoms with Gasteiger partial charge in [-0.15, -0.1) is 0 Å². The van der Waals surface area contributed by atoms with Crippen molar-refractivity contribution in [2.75, 3.05) is 13.3 Å². The van der Waals surface area contributed by atoms with Gasteiger partial charge in [-0.3, -0.25) is 0 Å². The third kappa shape index (κ3) is 5.50. The normalized spacial score (nSPS) is 14.2. The molecule has 3 nitrogen and oxygen atoms in total. The van der Waals surface area contributed by atoms with Crippen LogP contribution in [0.1, 0.15) is 30.9 Å². The predicted octanol–water partition coefficient (Wildman–Crippen LogP) is 3.08. The topological polar surface area (TPSA) is 46.2 Å². The predicted molar refractivity (Wildman–Crippen MR) is 71.3 cm³/mol. The highest BCUT2D eigenvalue weighted by atomic mass is 32.2. The van der Waals surface area contributed by atoms with E-state index >= 15 is 0 Å². The van der Waals surface area contributed by atoms with Crippen LogP contribution >= 0.6 is 0 Å². The number of alkyl halides is 3. The van der Waals surface area contributed by atoms with Gasteiger partial charge in [0.1, 0.15) is 0 Å². The van der Waals surface area contributed by atoms with Gasteiger partial charge < -0.3 is 5.32 Å². The minimum atomic E-state index is -4.14. The summed E-state index contributed by atoms with van der Waals surface area (Å²) in [6.45, 7) is 0. The second kappa shape index (κ2) is 6.58. The molecule has 0 aliphatic heterocycles. The minimum absolute atomic E-state index is 0.0306. The summed E-state index contributed by atoms with van der Waals surface area (Å²) in [5.74, 6) is 0. The van der Waals surface area contributed by atoms with Crippen LogP contribution < -0.4 is 5.32 Å². The molecule has 0 saturated heterocycles. The highest BCUT2D eigenvalue weighted by molar-refractivity contribution is 7.90. The zero-order valence-corrected chi connectivity index (χ0v) is 12.2. The van der Waals surface area contributed by atoms with Crippen molar-refractivity contribution in [1.82, 2.24) is 5.32 Å². The lowest BCUT2D eigenvalue weighted by atomic mass is 10.0. The number of halogens is 3. The molecule has 1 unspecified atom stereocenters. The first-order chi connectivity index (χ1) is 9.13. The Kier molecular flexibility index (Phi) is 5.59. The Morgan fingerprint density at radius 1 is 1.20 bits per heavy atom. The number of sulfone groups is 1. The Labute approximate surface area is 117 Å². The van der Waals surface area contributed by atoms with Gasteiger partial charge in [-0.1, -0.05) is 12.1 Å². The van der Waals surface area contributed by atoms with Gasteiger partial charge in [0, 0.05) is 18.7 Å². The van der Waals surface area contributed by atoms with Gasteiger partial charge in [0.15, 0.2) is 9.84 Å². The summed E-state index contributed by atoms with van der Waals surface area (Å²) in [5, 5.41) is 2.95. The van der Waals surface area contributed by atoms with E-state index in [4.69, 9.17) is 0 Å². The molecule has 0 amide bonds. The molecule has 0 radical (unpaired) electrons. The molecule has 0 aliphatic rings. The maximum atomic E-state index is 12.1. The summed E-state index contributed by atoms with van der Waals surface area (Å²) in [6, 6.07) is 5.99. The van der Waals surface area contributed by atoms with Crippen molar-refractivity contribution in [2.24, 2.45) is 0 Å². The lowest BCUT2D eigenvalue weighted by Crippen LogP contribution is -2.17. The molecule has 0 aromatic heterocycles. The van der Waals surface area contributed by atoms with E-state index in [1.165, 1.54) is 12.1 Å². The Hall–Kier alpha value is -1.08. The van der Waals surface area contributed by atoms with Gasteiger partial charge in [0.05, 0.1) is 4.90 Å². The van der Waals surface area contributed by atoms with Crippen molar-refractivity contribution in [3.05, 3.63) is 29.8 Å². The first-order valence-electron chi connectivity index (χ1n) is 6.17. The molecule has 0 bridgehead atoms. The maximum Gasteiger partial charge on any atom is 0.389 e. The fourth-order valence-electron chi connectivity index (χ4n) is 1.93. The number of benzene rings is 1. The molecular weight excluding hydrogens is 291 g/mol. The summed E-state index contributed by atoms with van der Waals surface area (Å²) >= 11 is 0. The lowest BCUT2D eigenvalue weighted by Gasteiger charge is -2.17. The van der Waals surface area contributed by atoms with Gasteiger partial charge in [-0.25, -0.2) is 8.42 Å². The van der Waals surface area contributed by atoms with Crippen molar-refractivity contribution < 1.29 is 21.6 Å².